The first-order valence-corrected chi connectivity index (χ1v) is 7.44. The van der Waals surface area contributed by atoms with E-state index in [9.17, 15) is 9.90 Å². The smallest absolute Gasteiger partial charge is 0.227 e. The second kappa shape index (κ2) is 6.14. The van der Waals surface area contributed by atoms with Crippen LogP contribution in [0.5, 0.6) is 5.75 Å². The zero-order valence-electron chi connectivity index (χ0n) is 10.6. The van der Waals surface area contributed by atoms with Gasteiger partial charge in [-0.2, -0.15) is 0 Å². The van der Waals surface area contributed by atoms with Crippen molar-refractivity contribution in [2.24, 2.45) is 0 Å². The monoisotopic (exact) mass is 265 g/mol. The Kier molecular flexibility index (Phi) is 4.53. The van der Waals surface area contributed by atoms with Crippen LogP contribution in [-0.4, -0.2) is 33.6 Å². The highest BCUT2D eigenvalue weighted by Crippen LogP contribution is 2.28. The van der Waals surface area contributed by atoms with Gasteiger partial charge in [0.2, 0.25) is 5.91 Å². The Labute approximate surface area is 112 Å². The van der Waals surface area contributed by atoms with Gasteiger partial charge in [-0.3, -0.25) is 4.79 Å². The molecule has 0 saturated carbocycles. The lowest BCUT2D eigenvalue weighted by atomic mass is 10.1. The van der Waals surface area contributed by atoms with Crippen LogP contribution >= 0.6 is 11.8 Å². The number of aromatic hydroxyl groups is 1. The number of rotatable bonds is 4. The molecule has 1 amide bonds. The van der Waals surface area contributed by atoms with Gasteiger partial charge in [0.25, 0.3) is 0 Å². The number of benzene rings is 1. The van der Waals surface area contributed by atoms with Crippen LogP contribution in [0.25, 0.3) is 0 Å². The van der Waals surface area contributed by atoms with Crippen molar-refractivity contribution in [1.82, 2.24) is 4.90 Å². The first-order valence-electron chi connectivity index (χ1n) is 6.39. The molecule has 1 heterocycles. The normalized spacial score (nSPS) is 19.2. The Morgan fingerprint density at radius 1 is 1.56 bits per heavy atom. The fourth-order valence-electron chi connectivity index (χ4n) is 2.24. The van der Waals surface area contributed by atoms with Crippen molar-refractivity contribution < 1.29 is 9.90 Å². The summed E-state index contributed by atoms with van der Waals surface area (Å²) in [7, 11) is 0. The van der Waals surface area contributed by atoms with Gasteiger partial charge in [-0.1, -0.05) is 25.5 Å². The van der Waals surface area contributed by atoms with Crippen LogP contribution in [0, 0.1) is 0 Å². The van der Waals surface area contributed by atoms with E-state index in [2.05, 4.69) is 6.92 Å². The number of hydrogen-bond acceptors (Lipinski definition) is 3. The van der Waals surface area contributed by atoms with Crippen molar-refractivity contribution >= 4 is 17.7 Å². The molecule has 1 aromatic carbocycles. The van der Waals surface area contributed by atoms with Gasteiger partial charge in [-0.15, -0.1) is 11.8 Å². The Balaban J connectivity index is 1.99. The Hall–Kier alpha value is -1.16. The summed E-state index contributed by atoms with van der Waals surface area (Å²) < 4.78 is 0. The van der Waals surface area contributed by atoms with Gasteiger partial charge < -0.3 is 10.0 Å². The number of carbonyl (C=O) groups is 1. The van der Waals surface area contributed by atoms with Crippen molar-refractivity contribution in [3.63, 3.8) is 0 Å². The minimum atomic E-state index is 0.170. The lowest BCUT2D eigenvalue weighted by Crippen LogP contribution is -2.35. The van der Waals surface area contributed by atoms with E-state index in [0.717, 1.165) is 30.7 Å². The summed E-state index contributed by atoms with van der Waals surface area (Å²) in [6, 6.07) is 6.95. The molecule has 0 aromatic heterocycles. The van der Waals surface area contributed by atoms with Crippen LogP contribution < -0.4 is 0 Å². The molecule has 98 valence electrons. The third-order valence-corrected chi connectivity index (χ3v) is 4.41. The standard InChI is InChI=1S/C14H19NO2S/c1-2-4-14-15(7-8-18-14)13(17)10-11-5-3-6-12(16)9-11/h3,5-6,9,14,16H,2,4,7-8,10H2,1H3/t14-/m0/s1. The van der Waals surface area contributed by atoms with E-state index >= 15 is 0 Å². The molecule has 4 heteroatoms. The molecule has 1 atom stereocenters. The second-order valence-electron chi connectivity index (χ2n) is 4.55. The summed E-state index contributed by atoms with van der Waals surface area (Å²) in [5.74, 6) is 1.43. The minimum absolute atomic E-state index is 0.170. The summed E-state index contributed by atoms with van der Waals surface area (Å²) in [4.78, 5) is 14.2. The average Bonchev–Trinajstić information content (AvgIpc) is 2.78. The summed E-state index contributed by atoms with van der Waals surface area (Å²) in [5, 5.41) is 9.75. The molecule has 1 aliphatic heterocycles. The van der Waals surface area contributed by atoms with Crippen LogP contribution in [0.2, 0.25) is 0 Å². The predicted molar refractivity (Wildman–Crippen MR) is 74.7 cm³/mol. The number of phenols is 1. The third kappa shape index (κ3) is 3.19. The van der Waals surface area contributed by atoms with Gasteiger partial charge in [0.1, 0.15) is 5.75 Å². The molecule has 0 bridgehead atoms. The molecule has 0 radical (unpaired) electrons. The van der Waals surface area contributed by atoms with Gasteiger partial charge in [0.05, 0.1) is 11.8 Å². The molecule has 18 heavy (non-hydrogen) atoms. The highest BCUT2D eigenvalue weighted by atomic mass is 32.2. The van der Waals surface area contributed by atoms with Crippen LogP contribution in [0.4, 0.5) is 0 Å². The fraction of sp³-hybridized carbons (Fsp3) is 0.500. The summed E-state index contributed by atoms with van der Waals surface area (Å²) in [5.41, 5.74) is 0.882. The molecule has 0 aliphatic carbocycles. The zero-order valence-corrected chi connectivity index (χ0v) is 11.4. The molecule has 1 saturated heterocycles. The van der Waals surface area contributed by atoms with Crippen molar-refractivity contribution in [2.75, 3.05) is 12.3 Å². The Bertz CT molecular complexity index is 422. The van der Waals surface area contributed by atoms with Gasteiger partial charge in [0.15, 0.2) is 0 Å². The van der Waals surface area contributed by atoms with Crippen molar-refractivity contribution in [3.8, 4) is 5.75 Å². The van der Waals surface area contributed by atoms with E-state index in [1.807, 2.05) is 22.7 Å². The SMILES string of the molecule is CCC[C@@H]1SCCN1C(=O)Cc1cccc(O)c1. The molecule has 0 unspecified atom stereocenters. The first kappa shape index (κ1) is 13.3. The molecule has 2 rings (SSSR count). The average molecular weight is 265 g/mol. The maximum atomic E-state index is 12.2. The number of carbonyl (C=O) groups excluding carboxylic acids is 1. The summed E-state index contributed by atoms with van der Waals surface area (Å²) in [6.07, 6.45) is 2.55. The highest BCUT2D eigenvalue weighted by molar-refractivity contribution is 8.00. The van der Waals surface area contributed by atoms with E-state index in [-0.39, 0.29) is 11.7 Å². The van der Waals surface area contributed by atoms with E-state index < -0.39 is 0 Å². The highest BCUT2D eigenvalue weighted by Gasteiger charge is 2.28. The van der Waals surface area contributed by atoms with E-state index in [1.165, 1.54) is 0 Å². The van der Waals surface area contributed by atoms with Gasteiger partial charge in [0, 0.05) is 12.3 Å². The molecule has 1 fully saturated rings. The number of hydrogen-bond donors (Lipinski definition) is 1. The van der Waals surface area contributed by atoms with Crippen LogP contribution in [0.15, 0.2) is 24.3 Å². The summed E-state index contributed by atoms with van der Waals surface area (Å²) >= 11 is 1.87. The van der Waals surface area contributed by atoms with E-state index in [1.54, 1.807) is 18.2 Å². The van der Waals surface area contributed by atoms with E-state index in [4.69, 9.17) is 0 Å². The number of nitrogens with zero attached hydrogens (tertiary/aromatic N) is 1. The van der Waals surface area contributed by atoms with Gasteiger partial charge >= 0.3 is 0 Å². The topological polar surface area (TPSA) is 40.5 Å². The van der Waals surface area contributed by atoms with Crippen molar-refractivity contribution in [2.45, 2.75) is 31.6 Å². The van der Waals surface area contributed by atoms with Crippen molar-refractivity contribution in [3.05, 3.63) is 29.8 Å². The molecule has 0 spiro atoms. The quantitative estimate of drug-likeness (QED) is 0.910. The molecule has 1 aromatic rings. The molecule has 1 aliphatic rings. The lowest BCUT2D eigenvalue weighted by molar-refractivity contribution is -0.130. The second-order valence-corrected chi connectivity index (χ2v) is 5.83. The van der Waals surface area contributed by atoms with Crippen LogP contribution in [0.3, 0.4) is 0 Å². The number of amides is 1. The number of thioether (sulfide) groups is 1. The van der Waals surface area contributed by atoms with Crippen LogP contribution in [0.1, 0.15) is 25.3 Å². The van der Waals surface area contributed by atoms with Crippen LogP contribution in [-0.2, 0) is 11.2 Å². The molecular formula is C14H19NO2S. The van der Waals surface area contributed by atoms with Crippen molar-refractivity contribution in [1.29, 1.82) is 0 Å². The first-order chi connectivity index (χ1) is 8.70. The minimum Gasteiger partial charge on any atom is -0.508 e. The van der Waals surface area contributed by atoms with E-state index in [0.29, 0.717) is 11.8 Å². The third-order valence-electron chi connectivity index (χ3n) is 3.11. The Morgan fingerprint density at radius 3 is 3.11 bits per heavy atom. The fourth-order valence-corrected chi connectivity index (χ4v) is 3.61. The lowest BCUT2D eigenvalue weighted by Gasteiger charge is -2.23. The largest absolute Gasteiger partial charge is 0.508 e. The molecular weight excluding hydrogens is 246 g/mol. The zero-order chi connectivity index (χ0) is 13.0. The maximum absolute atomic E-state index is 12.2. The molecule has 3 nitrogen and oxygen atoms in total. The molecule has 1 N–H and O–H groups in total. The summed E-state index contributed by atoms with van der Waals surface area (Å²) in [6.45, 7) is 3.00. The van der Waals surface area contributed by atoms with Gasteiger partial charge in [-0.05, 0) is 24.1 Å². The Morgan fingerprint density at radius 2 is 2.39 bits per heavy atom. The van der Waals surface area contributed by atoms with Gasteiger partial charge in [-0.25, -0.2) is 0 Å². The predicted octanol–water partition coefficient (Wildman–Crippen LogP) is 2.64. The maximum Gasteiger partial charge on any atom is 0.227 e. The number of phenolic OH excluding ortho intramolecular Hbond substituents is 1.